The number of ether oxygens (including phenoxy) is 1. The van der Waals surface area contributed by atoms with Crippen LogP contribution in [0.2, 0.25) is 0 Å². The van der Waals surface area contributed by atoms with E-state index in [1.165, 1.54) is 0 Å². The van der Waals surface area contributed by atoms with Gasteiger partial charge in [0.1, 0.15) is 18.3 Å². The average molecular weight is 546 g/mol. The molecule has 0 saturated carbocycles. The van der Waals surface area contributed by atoms with Gasteiger partial charge in [-0.2, -0.15) is 5.10 Å². The van der Waals surface area contributed by atoms with Gasteiger partial charge >= 0.3 is 20.9 Å². The van der Waals surface area contributed by atoms with Crippen molar-refractivity contribution < 1.29 is 43.3 Å². The fourth-order valence-corrected chi connectivity index (χ4v) is 6.56. The number of aryl methyl sites for hydroxylation is 1. The van der Waals surface area contributed by atoms with Crippen molar-refractivity contribution in [2.45, 2.75) is 31.1 Å². The molecule has 3 aromatic rings. The minimum atomic E-state index is -4.87. The van der Waals surface area contributed by atoms with Crippen molar-refractivity contribution >= 4 is 26.1 Å². The zero-order chi connectivity index (χ0) is 26.4. The van der Waals surface area contributed by atoms with E-state index in [1.807, 2.05) is 12.1 Å². The van der Waals surface area contributed by atoms with Crippen molar-refractivity contribution in [3.63, 3.8) is 0 Å². The zero-order valence-electron chi connectivity index (χ0n) is 18.8. The first-order chi connectivity index (χ1) is 16.8. The standard InChI is InChI=1S/C19H24N4O11P2/c1-21-13-5-3-2-4-11(13)12(20-21)8-23-15(24)6-7-22(19(23)27)18-17(26)16(25)14(34-18)9-33-36(31,32)10-35(28,29)30/h2-7,14,16-18,25-26H,8-10H2,1H3,(H,31,32)(H2,28,29,30)/t14-,16?,17?,18-/m1/s1. The Labute approximate surface area is 202 Å². The van der Waals surface area contributed by atoms with E-state index in [1.54, 1.807) is 23.9 Å². The Morgan fingerprint density at radius 1 is 1.08 bits per heavy atom. The van der Waals surface area contributed by atoms with E-state index in [2.05, 4.69) is 9.62 Å². The third-order valence-corrected chi connectivity index (χ3v) is 9.11. The molecular formula is C19H24N4O11P2. The van der Waals surface area contributed by atoms with Crippen LogP contribution in [0, 0.1) is 0 Å². The zero-order valence-corrected chi connectivity index (χ0v) is 20.6. The maximum atomic E-state index is 13.2. The summed E-state index contributed by atoms with van der Waals surface area (Å²) in [5, 5.41) is 25.9. The minimum Gasteiger partial charge on any atom is -0.387 e. The molecule has 1 aromatic carbocycles. The SMILES string of the molecule is Cn1nc(Cn2c(=O)ccn([C@@H]3O[C@H](COP(=O)(O)CP(=O)(O)O)C(O)C3O)c2=O)c2ccccc21. The lowest BCUT2D eigenvalue weighted by molar-refractivity contribution is -0.0530. The van der Waals surface area contributed by atoms with Crippen LogP contribution in [0.4, 0.5) is 0 Å². The summed E-state index contributed by atoms with van der Waals surface area (Å²) in [6.45, 7) is -0.995. The Kier molecular flexibility index (Phi) is 7.23. The van der Waals surface area contributed by atoms with Gasteiger partial charge in [-0.05, 0) is 6.07 Å². The maximum Gasteiger partial charge on any atom is 0.340 e. The van der Waals surface area contributed by atoms with Crippen LogP contribution in [-0.2, 0) is 32.0 Å². The number of nitrogens with zero attached hydrogens (tertiary/aromatic N) is 4. The van der Waals surface area contributed by atoms with E-state index in [0.717, 1.165) is 32.3 Å². The highest BCUT2D eigenvalue weighted by Gasteiger charge is 2.45. The molecule has 1 saturated heterocycles. The first-order valence-corrected chi connectivity index (χ1v) is 14.1. The lowest BCUT2D eigenvalue weighted by Gasteiger charge is -2.19. The molecule has 0 radical (unpaired) electrons. The summed E-state index contributed by atoms with van der Waals surface area (Å²) >= 11 is 0. The highest BCUT2D eigenvalue weighted by molar-refractivity contribution is 7.70. The van der Waals surface area contributed by atoms with Gasteiger partial charge in [-0.25, -0.2) is 4.79 Å². The van der Waals surface area contributed by atoms with Crippen molar-refractivity contribution in [2.24, 2.45) is 7.05 Å². The molecule has 5 N–H and O–H groups in total. The van der Waals surface area contributed by atoms with E-state index in [-0.39, 0.29) is 6.54 Å². The topological polar surface area (TPSA) is 216 Å². The Balaban J connectivity index is 1.58. The van der Waals surface area contributed by atoms with Crippen LogP contribution in [0.25, 0.3) is 10.9 Å². The molecule has 0 spiro atoms. The Hall–Kier alpha value is -2.45. The quantitative estimate of drug-likeness (QED) is 0.213. The van der Waals surface area contributed by atoms with Crippen molar-refractivity contribution in [1.29, 1.82) is 0 Å². The molecule has 17 heteroatoms. The fourth-order valence-electron chi connectivity index (χ4n) is 3.99. The van der Waals surface area contributed by atoms with Crippen LogP contribution >= 0.6 is 15.2 Å². The molecule has 1 aliphatic heterocycles. The van der Waals surface area contributed by atoms with Gasteiger partial charge in [-0.15, -0.1) is 0 Å². The minimum absolute atomic E-state index is 0.187. The van der Waals surface area contributed by atoms with E-state index in [4.69, 9.17) is 14.5 Å². The molecule has 0 amide bonds. The molecule has 3 heterocycles. The molecule has 0 aliphatic carbocycles. The third kappa shape index (κ3) is 5.44. The highest BCUT2D eigenvalue weighted by atomic mass is 31.2. The summed E-state index contributed by atoms with van der Waals surface area (Å²) in [5.74, 6) is -1.44. The predicted molar refractivity (Wildman–Crippen MR) is 123 cm³/mol. The van der Waals surface area contributed by atoms with Crippen molar-refractivity contribution in [1.82, 2.24) is 18.9 Å². The summed E-state index contributed by atoms with van der Waals surface area (Å²) in [6.07, 6.45) is -5.22. The first kappa shape index (κ1) is 26.6. The van der Waals surface area contributed by atoms with Gasteiger partial charge < -0.3 is 34.2 Å². The summed E-state index contributed by atoms with van der Waals surface area (Å²) < 4.78 is 36.4. The van der Waals surface area contributed by atoms with E-state index >= 15 is 0 Å². The number of fused-ring (bicyclic) bond motifs is 1. The molecule has 15 nitrogen and oxygen atoms in total. The van der Waals surface area contributed by atoms with Crippen LogP contribution < -0.4 is 11.2 Å². The summed E-state index contributed by atoms with van der Waals surface area (Å²) in [4.78, 5) is 53.1. The van der Waals surface area contributed by atoms with Crippen LogP contribution in [0.15, 0.2) is 46.1 Å². The summed E-state index contributed by atoms with van der Waals surface area (Å²) in [6, 6.07) is 8.30. The van der Waals surface area contributed by atoms with E-state index in [9.17, 15) is 33.8 Å². The van der Waals surface area contributed by atoms with Crippen molar-refractivity contribution in [3.05, 3.63) is 63.1 Å². The van der Waals surface area contributed by atoms with Crippen molar-refractivity contribution in [2.75, 3.05) is 12.5 Å². The maximum absolute atomic E-state index is 13.2. The average Bonchev–Trinajstić information content (AvgIpc) is 3.25. The second kappa shape index (κ2) is 9.78. The van der Waals surface area contributed by atoms with Gasteiger partial charge in [0, 0.05) is 24.7 Å². The number of aliphatic hydroxyl groups excluding tert-OH is 2. The van der Waals surface area contributed by atoms with Gasteiger partial charge in [-0.3, -0.25) is 27.7 Å². The van der Waals surface area contributed by atoms with Gasteiger partial charge in [0.2, 0.25) is 0 Å². The van der Waals surface area contributed by atoms with Crippen molar-refractivity contribution in [3.8, 4) is 0 Å². The van der Waals surface area contributed by atoms with Crippen LogP contribution in [0.3, 0.4) is 0 Å². The smallest absolute Gasteiger partial charge is 0.340 e. The van der Waals surface area contributed by atoms with Crippen LogP contribution in [0.5, 0.6) is 0 Å². The number of benzene rings is 1. The molecule has 36 heavy (non-hydrogen) atoms. The van der Waals surface area contributed by atoms with Gasteiger partial charge in [0.25, 0.3) is 5.56 Å². The molecular weight excluding hydrogens is 522 g/mol. The number of rotatable bonds is 8. The predicted octanol–water partition coefficient (Wildman–Crippen LogP) is -1.10. The molecule has 2 aromatic heterocycles. The van der Waals surface area contributed by atoms with Crippen LogP contribution in [-0.4, -0.2) is 74.6 Å². The third-order valence-electron chi connectivity index (χ3n) is 5.65. The molecule has 5 atom stereocenters. The Morgan fingerprint density at radius 2 is 1.78 bits per heavy atom. The second-order valence-electron chi connectivity index (χ2n) is 8.30. The molecule has 1 fully saturated rings. The fraction of sp³-hybridized carbons (Fsp3) is 0.421. The van der Waals surface area contributed by atoms with Crippen LogP contribution in [0.1, 0.15) is 11.9 Å². The molecule has 196 valence electrons. The summed E-state index contributed by atoms with van der Waals surface area (Å²) in [5.41, 5.74) is -0.271. The van der Waals surface area contributed by atoms with Gasteiger partial charge in [0.05, 0.1) is 24.4 Å². The number of aliphatic hydroxyl groups is 2. The Morgan fingerprint density at radius 3 is 2.47 bits per heavy atom. The molecule has 3 unspecified atom stereocenters. The normalized spacial score (nSPS) is 24.3. The Bertz CT molecular complexity index is 1490. The molecule has 4 rings (SSSR count). The highest BCUT2D eigenvalue weighted by Crippen LogP contribution is 2.55. The van der Waals surface area contributed by atoms with Gasteiger partial charge in [-0.1, -0.05) is 18.2 Å². The first-order valence-electron chi connectivity index (χ1n) is 10.5. The number of hydrogen-bond acceptors (Lipinski definition) is 9. The second-order valence-corrected chi connectivity index (χ2v) is 12.3. The molecule has 1 aliphatic rings. The lowest BCUT2D eigenvalue weighted by atomic mass is 10.1. The number of aromatic nitrogens is 4. The number of hydrogen-bond donors (Lipinski definition) is 5. The largest absolute Gasteiger partial charge is 0.387 e. The molecule has 0 bridgehead atoms. The van der Waals surface area contributed by atoms with E-state index < -0.39 is 63.5 Å². The van der Waals surface area contributed by atoms with Gasteiger partial charge in [0.15, 0.2) is 12.1 Å². The van der Waals surface area contributed by atoms with E-state index in [0.29, 0.717) is 5.69 Å². The number of para-hydroxylation sites is 1. The summed E-state index contributed by atoms with van der Waals surface area (Å²) in [7, 11) is -7.90. The lowest BCUT2D eigenvalue weighted by Crippen LogP contribution is -2.43. The monoisotopic (exact) mass is 546 g/mol.